The van der Waals surface area contributed by atoms with Crippen LogP contribution in [-0.2, 0) is 28.6 Å². The van der Waals surface area contributed by atoms with Crippen LogP contribution in [0.2, 0.25) is 0 Å². The predicted molar refractivity (Wildman–Crippen MR) is 91.8 cm³/mol. The zero-order valence-electron chi connectivity index (χ0n) is 15.8. The van der Waals surface area contributed by atoms with Crippen molar-refractivity contribution < 1.29 is 28.6 Å². The molecule has 0 saturated heterocycles. The van der Waals surface area contributed by atoms with Crippen molar-refractivity contribution in [3.63, 3.8) is 0 Å². The van der Waals surface area contributed by atoms with E-state index in [2.05, 4.69) is 10.1 Å². The number of hydrogen-bond acceptors (Lipinski definition) is 6. The Labute approximate surface area is 149 Å². The number of ether oxygens (including phenoxy) is 3. The van der Waals surface area contributed by atoms with Crippen LogP contribution >= 0.6 is 0 Å². The van der Waals surface area contributed by atoms with E-state index in [1.807, 2.05) is 34.6 Å². The van der Waals surface area contributed by atoms with Gasteiger partial charge in [0, 0.05) is 24.6 Å². The first kappa shape index (κ1) is 21.3. The van der Waals surface area contributed by atoms with Crippen molar-refractivity contribution in [3.8, 4) is 0 Å². The zero-order chi connectivity index (χ0) is 19.1. The molecule has 0 aliphatic carbocycles. The van der Waals surface area contributed by atoms with Crippen LogP contribution in [0, 0.1) is 0 Å². The third-order valence-electron chi connectivity index (χ3n) is 3.53. The SMILES string of the molecule is CC(C)(C)OCCOC(C)(C)CCNC(=O)CCC1=CC(=O)OC1=O. The lowest BCUT2D eigenvalue weighted by Crippen LogP contribution is -2.34. The molecule has 0 aromatic heterocycles. The maximum Gasteiger partial charge on any atom is 0.342 e. The second-order valence-electron chi connectivity index (χ2n) is 7.55. The van der Waals surface area contributed by atoms with Crippen molar-refractivity contribution >= 4 is 17.8 Å². The molecule has 0 atom stereocenters. The molecule has 0 spiro atoms. The molecule has 1 heterocycles. The molecule has 0 aromatic rings. The fourth-order valence-electron chi connectivity index (χ4n) is 2.14. The second-order valence-corrected chi connectivity index (χ2v) is 7.55. The van der Waals surface area contributed by atoms with Gasteiger partial charge in [-0.25, -0.2) is 9.59 Å². The highest BCUT2D eigenvalue weighted by molar-refractivity contribution is 6.09. The van der Waals surface area contributed by atoms with Gasteiger partial charge in [-0.2, -0.15) is 0 Å². The molecule has 7 heteroatoms. The predicted octanol–water partition coefficient (Wildman–Crippen LogP) is 1.89. The lowest BCUT2D eigenvalue weighted by atomic mass is 10.1. The Morgan fingerprint density at radius 3 is 2.32 bits per heavy atom. The molecule has 0 unspecified atom stereocenters. The Kier molecular flexibility index (Phi) is 7.76. The number of esters is 2. The van der Waals surface area contributed by atoms with Crippen LogP contribution in [0.15, 0.2) is 11.6 Å². The fraction of sp³-hybridized carbons (Fsp3) is 0.722. The Bertz CT molecular complexity index is 530. The standard InChI is InChI=1S/C18H29NO6/c1-17(2,3)23-10-11-24-18(4,5)8-9-19-14(20)7-6-13-12-15(21)25-16(13)22/h12H,6-11H2,1-5H3,(H,19,20). The summed E-state index contributed by atoms with van der Waals surface area (Å²) in [5, 5.41) is 2.79. The van der Waals surface area contributed by atoms with E-state index in [1.54, 1.807) is 0 Å². The lowest BCUT2D eigenvalue weighted by Gasteiger charge is -2.27. The molecular formula is C18H29NO6. The van der Waals surface area contributed by atoms with Crippen molar-refractivity contribution in [1.82, 2.24) is 5.32 Å². The highest BCUT2D eigenvalue weighted by Crippen LogP contribution is 2.16. The number of hydrogen-bond donors (Lipinski definition) is 1. The third-order valence-corrected chi connectivity index (χ3v) is 3.53. The van der Waals surface area contributed by atoms with Gasteiger partial charge in [0.05, 0.1) is 24.4 Å². The van der Waals surface area contributed by atoms with Crippen LogP contribution in [-0.4, -0.2) is 48.8 Å². The van der Waals surface area contributed by atoms with Crippen molar-refractivity contribution in [1.29, 1.82) is 0 Å². The van der Waals surface area contributed by atoms with Gasteiger partial charge in [0.2, 0.25) is 5.91 Å². The molecule has 0 fully saturated rings. The highest BCUT2D eigenvalue weighted by atomic mass is 16.6. The van der Waals surface area contributed by atoms with Gasteiger partial charge in [0.15, 0.2) is 0 Å². The Morgan fingerprint density at radius 2 is 1.76 bits per heavy atom. The number of carbonyl (C=O) groups is 3. The maximum absolute atomic E-state index is 11.8. The topological polar surface area (TPSA) is 90.9 Å². The van der Waals surface area contributed by atoms with E-state index in [0.29, 0.717) is 26.2 Å². The van der Waals surface area contributed by atoms with E-state index < -0.39 is 11.9 Å². The Morgan fingerprint density at radius 1 is 1.12 bits per heavy atom. The van der Waals surface area contributed by atoms with Gasteiger partial charge in [-0.05, 0) is 47.5 Å². The van der Waals surface area contributed by atoms with Crippen LogP contribution < -0.4 is 5.32 Å². The summed E-state index contributed by atoms with van der Waals surface area (Å²) >= 11 is 0. The number of nitrogens with one attached hydrogen (secondary N) is 1. The minimum atomic E-state index is -0.672. The molecule has 7 nitrogen and oxygen atoms in total. The molecule has 142 valence electrons. The molecule has 1 amide bonds. The van der Waals surface area contributed by atoms with Crippen LogP contribution in [0.1, 0.15) is 53.9 Å². The smallest absolute Gasteiger partial charge is 0.342 e. The molecule has 1 N–H and O–H groups in total. The van der Waals surface area contributed by atoms with Crippen LogP contribution in [0.4, 0.5) is 0 Å². The molecule has 0 saturated carbocycles. The summed E-state index contributed by atoms with van der Waals surface area (Å²) in [5.74, 6) is -1.51. The van der Waals surface area contributed by atoms with Gasteiger partial charge in [-0.15, -0.1) is 0 Å². The number of rotatable bonds is 10. The van der Waals surface area contributed by atoms with Crippen LogP contribution in [0.25, 0.3) is 0 Å². The second kappa shape index (κ2) is 9.10. The summed E-state index contributed by atoms with van der Waals surface area (Å²) in [7, 11) is 0. The van der Waals surface area contributed by atoms with E-state index in [9.17, 15) is 14.4 Å². The first-order chi connectivity index (χ1) is 11.5. The van der Waals surface area contributed by atoms with Gasteiger partial charge in [0.25, 0.3) is 0 Å². The van der Waals surface area contributed by atoms with Gasteiger partial charge >= 0.3 is 11.9 Å². The zero-order valence-corrected chi connectivity index (χ0v) is 15.8. The Balaban J connectivity index is 2.17. The van der Waals surface area contributed by atoms with Crippen LogP contribution in [0.5, 0.6) is 0 Å². The summed E-state index contributed by atoms with van der Waals surface area (Å²) in [6.45, 7) is 11.4. The van der Waals surface area contributed by atoms with E-state index >= 15 is 0 Å². The molecule has 0 bridgehead atoms. The summed E-state index contributed by atoms with van der Waals surface area (Å²) in [5.41, 5.74) is -0.325. The quantitative estimate of drug-likeness (QED) is 0.366. The molecule has 1 aliphatic rings. The van der Waals surface area contributed by atoms with E-state index in [4.69, 9.17) is 9.47 Å². The Hall–Kier alpha value is -1.73. The minimum Gasteiger partial charge on any atom is -0.386 e. The summed E-state index contributed by atoms with van der Waals surface area (Å²) in [6, 6.07) is 0. The first-order valence-corrected chi connectivity index (χ1v) is 8.50. The van der Waals surface area contributed by atoms with Gasteiger partial charge < -0.3 is 19.5 Å². The van der Waals surface area contributed by atoms with E-state index in [1.165, 1.54) is 0 Å². The highest BCUT2D eigenvalue weighted by Gasteiger charge is 2.24. The largest absolute Gasteiger partial charge is 0.386 e. The maximum atomic E-state index is 11.8. The van der Waals surface area contributed by atoms with Crippen molar-refractivity contribution in [2.75, 3.05) is 19.8 Å². The molecule has 25 heavy (non-hydrogen) atoms. The number of amides is 1. The first-order valence-electron chi connectivity index (χ1n) is 8.50. The minimum absolute atomic E-state index is 0.134. The van der Waals surface area contributed by atoms with Gasteiger partial charge in [0.1, 0.15) is 0 Å². The molecule has 0 aromatic carbocycles. The average molecular weight is 355 g/mol. The summed E-state index contributed by atoms with van der Waals surface area (Å²) < 4.78 is 15.8. The van der Waals surface area contributed by atoms with Crippen molar-refractivity contribution in [2.24, 2.45) is 0 Å². The average Bonchev–Trinajstić information content (AvgIpc) is 2.78. The molecule has 0 radical (unpaired) electrons. The summed E-state index contributed by atoms with van der Waals surface area (Å²) in [6.07, 6.45) is 2.11. The number of cyclic esters (lactones) is 2. The van der Waals surface area contributed by atoms with Crippen LogP contribution in [0.3, 0.4) is 0 Å². The van der Waals surface area contributed by atoms with E-state index in [0.717, 1.165) is 6.08 Å². The van der Waals surface area contributed by atoms with E-state index in [-0.39, 0.29) is 35.5 Å². The third kappa shape index (κ3) is 9.36. The summed E-state index contributed by atoms with van der Waals surface area (Å²) in [4.78, 5) is 34.0. The van der Waals surface area contributed by atoms with Gasteiger partial charge in [-0.1, -0.05) is 0 Å². The fourth-order valence-corrected chi connectivity index (χ4v) is 2.14. The van der Waals surface area contributed by atoms with Gasteiger partial charge in [-0.3, -0.25) is 4.79 Å². The van der Waals surface area contributed by atoms with Crippen molar-refractivity contribution in [3.05, 3.63) is 11.6 Å². The number of carbonyl (C=O) groups excluding carboxylic acids is 3. The molecule has 1 aliphatic heterocycles. The molecule has 1 rings (SSSR count). The molecular weight excluding hydrogens is 326 g/mol. The monoisotopic (exact) mass is 355 g/mol. The van der Waals surface area contributed by atoms with Crippen molar-refractivity contribution in [2.45, 2.75) is 65.1 Å². The lowest BCUT2D eigenvalue weighted by molar-refractivity contribution is -0.150. The normalized spacial score (nSPS) is 15.2.